The van der Waals surface area contributed by atoms with Crippen molar-refractivity contribution in [3.05, 3.63) is 35.7 Å². The number of benzene rings is 1. The predicted molar refractivity (Wildman–Crippen MR) is 106 cm³/mol. The minimum absolute atomic E-state index is 0.158. The van der Waals surface area contributed by atoms with E-state index in [4.69, 9.17) is 0 Å². The van der Waals surface area contributed by atoms with E-state index >= 15 is 0 Å². The van der Waals surface area contributed by atoms with Crippen molar-refractivity contribution in [2.24, 2.45) is 0 Å². The molecule has 3 rings (SSSR count). The number of rotatable bonds is 5. The molecular formula is C17H21N5O3S2. The number of thiazole rings is 1. The first-order chi connectivity index (χ1) is 12.6. The van der Waals surface area contributed by atoms with Crippen LogP contribution in [0.4, 0.5) is 5.13 Å². The summed E-state index contributed by atoms with van der Waals surface area (Å²) in [6.07, 6.45) is 0. The third kappa shape index (κ3) is 3.73. The maximum absolute atomic E-state index is 12.5. The van der Waals surface area contributed by atoms with Gasteiger partial charge in [-0.1, -0.05) is 11.3 Å². The van der Waals surface area contributed by atoms with E-state index in [1.165, 1.54) is 31.5 Å². The molecule has 1 N–H and O–H groups in total. The van der Waals surface area contributed by atoms with E-state index in [0.717, 1.165) is 10.00 Å². The van der Waals surface area contributed by atoms with Gasteiger partial charge in [0.25, 0.3) is 5.91 Å². The molecule has 0 radical (unpaired) electrons. The van der Waals surface area contributed by atoms with Crippen LogP contribution in [-0.2, 0) is 10.0 Å². The number of fused-ring (bicyclic) bond motifs is 1. The van der Waals surface area contributed by atoms with Crippen LogP contribution in [0.5, 0.6) is 0 Å². The number of anilines is 1. The molecule has 2 aromatic heterocycles. The van der Waals surface area contributed by atoms with Crippen LogP contribution in [0.3, 0.4) is 0 Å². The summed E-state index contributed by atoms with van der Waals surface area (Å²) >= 11 is 1.22. The van der Waals surface area contributed by atoms with Gasteiger partial charge in [-0.2, -0.15) is 5.10 Å². The molecule has 0 aliphatic carbocycles. The molecule has 3 aromatic rings. The molecule has 0 spiro atoms. The van der Waals surface area contributed by atoms with Crippen LogP contribution in [0.2, 0.25) is 0 Å². The zero-order valence-corrected chi connectivity index (χ0v) is 17.3. The highest BCUT2D eigenvalue weighted by molar-refractivity contribution is 7.89. The summed E-state index contributed by atoms with van der Waals surface area (Å²) < 4.78 is 28.1. The lowest BCUT2D eigenvalue weighted by molar-refractivity contribution is 0.102. The van der Waals surface area contributed by atoms with Gasteiger partial charge in [0.05, 0.1) is 15.1 Å². The van der Waals surface area contributed by atoms with Gasteiger partial charge < -0.3 is 0 Å². The van der Waals surface area contributed by atoms with Crippen LogP contribution in [0, 0.1) is 6.92 Å². The van der Waals surface area contributed by atoms with E-state index in [2.05, 4.69) is 15.4 Å². The summed E-state index contributed by atoms with van der Waals surface area (Å²) in [5, 5.41) is 7.46. The second-order valence-electron chi connectivity index (χ2n) is 6.60. The van der Waals surface area contributed by atoms with Crippen molar-refractivity contribution in [1.29, 1.82) is 0 Å². The van der Waals surface area contributed by atoms with Gasteiger partial charge in [0, 0.05) is 25.8 Å². The Morgan fingerprint density at radius 3 is 2.56 bits per heavy atom. The number of nitrogens with one attached hydrogen (secondary N) is 1. The maximum Gasteiger partial charge on any atom is 0.277 e. The number of aryl methyl sites for hydroxylation is 1. The lowest BCUT2D eigenvalue weighted by Crippen LogP contribution is -2.22. The summed E-state index contributed by atoms with van der Waals surface area (Å²) in [7, 11) is -0.559. The van der Waals surface area contributed by atoms with Crippen molar-refractivity contribution in [1.82, 2.24) is 19.1 Å². The van der Waals surface area contributed by atoms with Crippen LogP contribution in [0.1, 0.15) is 36.1 Å². The predicted octanol–water partition coefficient (Wildman–Crippen LogP) is 2.88. The summed E-state index contributed by atoms with van der Waals surface area (Å²) in [5.41, 5.74) is 1.84. The van der Waals surface area contributed by atoms with E-state index < -0.39 is 10.0 Å². The lowest BCUT2D eigenvalue weighted by atomic mass is 10.3. The highest BCUT2D eigenvalue weighted by Gasteiger charge is 2.19. The Bertz CT molecular complexity index is 1110. The van der Waals surface area contributed by atoms with Crippen LogP contribution < -0.4 is 5.32 Å². The average Bonchev–Trinajstić information content (AvgIpc) is 3.16. The lowest BCUT2D eigenvalue weighted by Gasteiger charge is -2.10. The highest BCUT2D eigenvalue weighted by atomic mass is 32.2. The monoisotopic (exact) mass is 407 g/mol. The van der Waals surface area contributed by atoms with Crippen molar-refractivity contribution >= 4 is 42.6 Å². The maximum atomic E-state index is 12.5. The molecule has 0 atom stereocenters. The van der Waals surface area contributed by atoms with E-state index in [9.17, 15) is 13.2 Å². The minimum Gasteiger partial charge on any atom is -0.296 e. The molecule has 0 bridgehead atoms. The Kier molecular flexibility index (Phi) is 5.06. The van der Waals surface area contributed by atoms with Crippen molar-refractivity contribution in [2.75, 3.05) is 19.4 Å². The second-order valence-corrected chi connectivity index (χ2v) is 9.78. The number of amides is 1. The summed E-state index contributed by atoms with van der Waals surface area (Å²) in [5.74, 6) is -0.349. The summed E-state index contributed by atoms with van der Waals surface area (Å²) in [4.78, 5) is 17.0. The Morgan fingerprint density at radius 1 is 1.26 bits per heavy atom. The average molecular weight is 408 g/mol. The summed E-state index contributed by atoms with van der Waals surface area (Å²) in [6, 6.07) is 6.60. The van der Waals surface area contributed by atoms with Gasteiger partial charge in [0.15, 0.2) is 10.8 Å². The first-order valence-electron chi connectivity index (χ1n) is 8.30. The molecule has 1 aromatic carbocycles. The Hall–Kier alpha value is -2.30. The van der Waals surface area contributed by atoms with Gasteiger partial charge in [0.2, 0.25) is 10.0 Å². The fourth-order valence-electron chi connectivity index (χ4n) is 2.61. The zero-order chi connectivity index (χ0) is 19.9. The van der Waals surface area contributed by atoms with E-state index in [1.54, 1.807) is 22.9 Å². The quantitative estimate of drug-likeness (QED) is 0.701. The molecule has 0 unspecified atom stereocenters. The van der Waals surface area contributed by atoms with E-state index in [-0.39, 0.29) is 16.8 Å². The zero-order valence-electron chi connectivity index (χ0n) is 15.7. The van der Waals surface area contributed by atoms with Crippen LogP contribution in [0.25, 0.3) is 10.2 Å². The third-order valence-corrected chi connectivity index (χ3v) is 6.75. The van der Waals surface area contributed by atoms with E-state index in [1.807, 2.05) is 20.8 Å². The third-order valence-electron chi connectivity index (χ3n) is 4.00. The smallest absolute Gasteiger partial charge is 0.277 e. The SMILES string of the molecule is Cc1cc(C(=O)Nc2nc3ccc(S(=O)(=O)N(C)C)cc3s2)nn1C(C)C. The van der Waals surface area contributed by atoms with Gasteiger partial charge in [-0.05, 0) is 45.0 Å². The van der Waals surface area contributed by atoms with Crippen LogP contribution in [-0.4, -0.2) is 47.5 Å². The molecule has 0 saturated heterocycles. The van der Waals surface area contributed by atoms with Crippen molar-refractivity contribution in [3.63, 3.8) is 0 Å². The van der Waals surface area contributed by atoms with Gasteiger partial charge >= 0.3 is 0 Å². The molecule has 0 aliphatic heterocycles. The normalized spacial score (nSPS) is 12.3. The van der Waals surface area contributed by atoms with Crippen LogP contribution in [0.15, 0.2) is 29.2 Å². The number of nitrogens with zero attached hydrogens (tertiary/aromatic N) is 4. The minimum atomic E-state index is -3.52. The number of carbonyl (C=O) groups excluding carboxylic acids is 1. The molecule has 8 nitrogen and oxygen atoms in total. The Labute approximate surface area is 161 Å². The molecule has 0 saturated carbocycles. The highest BCUT2D eigenvalue weighted by Crippen LogP contribution is 2.29. The van der Waals surface area contributed by atoms with E-state index in [0.29, 0.717) is 21.0 Å². The molecule has 2 heterocycles. The number of hydrogen-bond acceptors (Lipinski definition) is 6. The van der Waals surface area contributed by atoms with Crippen molar-refractivity contribution < 1.29 is 13.2 Å². The number of sulfonamides is 1. The number of hydrogen-bond donors (Lipinski definition) is 1. The Morgan fingerprint density at radius 2 is 1.96 bits per heavy atom. The first kappa shape index (κ1) is 19.5. The molecule has 10 heteroatoms. The van der Waals surface area contributed by atoms with Crippen molar-refractivity contribution in [3.8, 4) is 0 Å². The molecule has 1 amide bonds. The van der Waals surface area contributed by atoms with Gasteiger partial charge in [0.1, 0.15) is 0 Å². The standard InChI is InChI=1S/C17H21N5O3S2/c1-10(2)22-11(3)8-14(20-22)16(23)19-17-18-13-7-6-12(9-15(13)26-17)27(24,25)21(4)5/h6-10H,1-5H3,(H,18,19,23). The number of carbonyl (C=O) groups is 1. The molecular weight excluding hydrogens is 386 g/mol. The van der Waals surface area contributed by atoms with Crippen LogP contribution >= 0.6 is 11.3 Å². The number of aromatic nitrogens is 3. The molecule has 0 aliphatic rings. The fourth-order valence-corrected chi connectivity index (χ4v) is 4.52. The second kappa shape index (κ2) is 7.02. The Balaban J connectivity index is 1.88. The molecule has 144 valence electrons. The van der Waals surface area contributed by atoms with Crippen molar-refractivity contribution in [2.45, 2.75) is 31.7 Å². The van der Waals surface area contributed by atoms with Gasteiger partial charge in [-0.15, -0.1) is 0 Å². The van der Waals surface area contributed by atoms with Gasteiger partial charge in [-0.3, -0.25) is 14.8 Å². The molecule has 0 fully saturated rings. The summed E-state index contributed by atoms with van der Waals surface area (Å²) in [6.45, 7) is 5.89. The first-order valence-corrected chi connectivity index (χ1v) is 10.6. The topological polar surface area (TPSA) is 97.2 Å². The largest absolute Gasteiger partial charge is 0.296 e. The fraction of sp³-hybridized carbons (Fsp3) is 0.353. The molecule has 27 heavy (non-hydrogen) atoms. The van der Waals surface area contributed by atoms with Gasteiger partial charge in [-0.25, -0.2) is 17.7 Å².